The van der Waals surface area contributed by atoms with E-state index >= 15 is 0 Å². The number of halogens is 1. The minimum atomic E-state index is -1.20. The summed E-state index contributed by atoms with van der Waals surface area (Å²) in [5.74, 6) is -0.749. The standard InChI is InChI=1S/C29H33ClN2O7/c1-3-4-5-24(35)32(15-17-6-8-19(30)9-7-17)22-14-21(29(37)31-10-11-33)25-20-12-18(16-34)13-23(38-2)27(20)39-28(25)26(22)36/h4-9,12-14,22,25-26,28,33-34,36H,3,10-11,15-16H2,1-2H3,(H,31,37)/t22-,25+,26+,28+/m1/s1. The van der Waals surface area contributed by atoms with Crippen LogP contribution in [0.1, 0.15) is 36.0 Å². The van der Waals surface area contributed by atoms with Crippen molar-refractivity contribution in [1.82, 2.24) is 10.2 Å². The van der Waals surface area contributed by atoms with E-state index < -0.39 is 30.1 Å². The van der Waals surface area contributed by atoms with Gasteiger partial charge < -0.3 is 35.0 Å². The van der Waals surface area contributed by atoms with Crippen LogP contribution in [0.15, 0.2) is 60.2 Å². The summed E-state index contributed by atoms with van der Waals surface area (Å²) in [7, 11) is 1.47. The molecule has 39 heavy (non-hydrogen) atoms. The number of hydrogen-bond acceptors (Lipinski definition) is 7. The van der Waals surface area contributed by atoms with Crippen molar-refractivity contribution in [2.45, 2.75) is 50.7 Å². The van der Waals surface area contributed by atoms with E-state index in [0.29, 0.717) is 34.1 Å². The minimum absolute atomic E-state index is 0.0289. The maximum Gasteiger partial charge on any atom is 0.247 e. The Bertz CT molecular complexity index is 1260. The molecule has 1 heterocycles. The van der Waals surface area contributed by atoms with Gasteiger partial charge in [-0.25, -0.2) is 0 Å². The number of nitrogens with one attached hydrogen (secondary N) is 1. The first-order valence-corrected chi connectivity index (χ1v) is 13.2. The first-order chi connectivity index (χ1) is 18.8. The van der Waals surface area contributed by atoms with Crippen molar-refractivity contribution in [2.24, 2.45) is 0 Å². The van der Waals surface area contributed by atoms with Crippen LogP contribution in [0.5, 0.6) is 11.5 Å². The van der Waals surface area contributed by atoms with Crippen molar-refractivity contribution in [3.8, 4) is 11.5 Å². The van der Waals surface area contributed by atoms with Gasteiger partial charge in [0.05, 0.1) is 32.3 Å². The molecule has 9 nitrogen and oxygen atoms in total. The normalized spacial score (nSPS) is 21.5. The number of hydrogen-bond donors (Lipinski definition) is 4. The third-order valence-corrected chi connectivity index (χ3v) is 7.15. The molecule has 0 spiro atoms. The van der Waals surface area contributed by atoms with Crippen molar-refractivity contribution in [3.05, 3.63) is 81.9 Å². The van der Waals surface area contributed by atoms with Crippen LogP contribution in [0.4, 0.5) is 0 Å². The monoisotopic (exact) mass is 556 g/mol. The zero-order chi connectivity index (χ0) is 28.1. The third kappa shape index (κ3) is 5.96. The first-order valence-electron chi connectivity index (χ1n) is 12.8. The number of methoxy groups -OCH3 is 1. The van der Waals surface area contributed by atoms with Gasteiger partial charge >= 0.3 is 0 Å². The van der Waals surface area contributed by atoms with Crippen molar-refractivity contribution in [2.75, 3.05) is 20.3 Å². The Morgan fingerprint density at radius 1 is 1.18 bits per heavy atom. The maximum absolute atomic E-state index is 13.4. The van der Waals surface area contributed by atoms with Crippen molar-refractivity contribution in [1.29, 1.82) is 0 Å². The molecule has 2 amide bonds. The fourth-order valence-corrected chi connectivity index (χ4v) is 5.18. The predicted molar refractivity (Wildman–Crippen MR) is 145 cm³/mol. The number of nitrogens with zero attached hydrogens (tertiary/aromatic N) is 1. The van der Waals surface area contributed by atoms with Gasteiger partial charge in [-0.3, -0.25) is 9.59 Å². The maximum atomic E-state index is 13.4. The molecule has 0 fully saturated rings. The van der Waals surface area contributed by atoms with Gasteiger partial charge in [0.1, 0.15) is 12.2 Å². The average molecular weight is 557 g/mol. The number of carbonyl (C=O) groups excluding carboxylic acids is 2. The second-order valence-electron chi connectivity index (χ2n) is 9.42. The molecule has 2 aliphatic rings. The van der Waals surface area contributed by atoms with Crippen LogP contribution < -0.4 is 14.8 Å². The Morgan fingerprint density at radius 2 is 1.92 bits per heavy atom. The lowest BCUT2D eigenvalue weighted by molar-refractivity contribution is -0.133. The number of aliphatic hydroxyl groups excluding tert-OH is 3. The number of allylic oxidation sites excluding steroid dienone is 1. The highest BCUT2D eigenvalue weighted by atomic mass is 35.5. The second kappa shape index (κ2) is 12.7. The van der Waals surface area contributed by atoms with Crippen LogP contribution in [0, 0.1) is 0 Å². The van der Waals surface area contributed by atoms with Crippen molar-refractivity contribution >= 4 is 23.4 Å². The Morgan fingerprint density at radius 3 is 2.56 bits per heavy atom. The fourth-order valence-electron chi connectivity index (χ4n) is 5.05. The van der Waals surface area contributed by atoms with Crippen LogP contribution in [-0.4, -0.2) is 70.5 Å². The minimum Gasteiger partial charge on any atom is -0.493 e. The summed E-state index contributed by atoms with van der Waals surface area (Å²) in [5, 5.41) is 34.0. The molecule has 4 rings (SSSR count). The summed E-state index contributed by atoms with van der Waals surface area (Å²) in [6.07, 6.45) is 3.32. The highest BCUT2D eigenvalue weighted by Gasteiger charge is 2.51. The van der Waals surface area contributed by atoms with Gasteiger partial charge in [-0.15, -0.1) is 0 Å². The molecular formula is C29H33ClN2O7. The smallest absolute Gasteiger partial charge is 0.247 e. The molecular weight excluding hydrogens is 524 g/mol. The number of amides is 2. The molecule has 1 aliphatic carbocycles. The molecule has 2 aromatic carbocycles. The molecule has 0 saturated carbocycles. The van der Waals surface area contributed by atoms with Gasteiger partial charge in [0.2, 0.25) is 11.8 Å². The van der Waals surface area contributed by atoms with Crippen LogP contribution in [0.25, 0.3) is 0 Å². The Hall–Kier alpha value is -3.37. The predicted octanol–water partition coefficient (Wildman–Crippen LogP) is 2.46. The van der Waals surface area contributed by atoms with Gasteiger partial charge in [-0.1, -0.05) is 36.7 Å². The van der Waals surface area contributed by atoms with Crippen molar-refractivity contribution < 1.29 is 34.4 Å². The van der Waals surface area contributed by atoms with Crippen LogP contribution in [0.2, 0.25) is 5.02 Å². The average Bonchev–Trinajstić information content (AvgIpc) is 3.34. The van der Waals surface area contributed by atoms with Gasteiger partial charge in [0, 0.05) is 29.2 Å². The number of fused-ring (bicyclic) bond motifs is 3. The molecule has 2 aromatic rings. The zero-order valence-electron chi connectivity index (χ0n) is 21.8. The summed E-state index contributed by atoms with van der Waals surface area (Å²) in [6.45, 7) is 1.58. The molecule has 0 saturated heterocycles. The molecule has 4 N–H and O–H groups in total. The molecule has 208 valence electrons. The van der Waals surface area contributed by atoms with E-state index in [1.165, 1.54) is 18.1 Å². The van der Waals surface area contributed by atoms with Gasteiger partial charge in [0.15, 0.2) is 11.5 Å². The van der Waals surface area contributed by atoms with E-state index in [2.05, 4.69) is 5.32 Å². The highest BCUT2D eigenvalue weighted by Crippen LogP contribution is 2.51. The van der Waals surface area contributed by atoms with Crippen molar-refractivity contribution in [3.63, 3.8) is 0 Å². The summed E-state index contributed by atoms with van der Waals surface area (Å²) in [6, 6.07) is 9.49. The van der Waals surface area contributed by atoms with Crippen LogP contribution in [-0.2, 0) is 22.7 Å². The molecule has 0 radical (unpaired) electrons. The number of carbonyl (C=O) groups is 2. The quantitative estimate of drug-likeness (QED) is 0.331. The SMILES string of the molecule is CCC=CC(=O)N(Cc1ccc(Cl)cc1)[C@@H]1C=C(C(=O)NCCO)[C@@H]2c3cc(CO)cc(OC)c3O[C@@H]2[C@H]1O. The zero-order valence-corrected chi connectivity index (χ0v) is 22.6. The first kappa shape index (κ1) is 28.6. The second-order valence-corrected chi connectivity index (χ2v) is 9.86. The van der Waals surface area contributed by atoms with Crippen LogP contribution >= 0.6 is 11.6 Å². The highest BCUT2D eigenvalue weighted by molar-refractivity contribution is 6.30. The number of benzene rings is 2. The lowest BCUT2D eigenvalue weighted by Gasteiger charge is -2.40. The molecule has 1 aliphatic heterocycles. The Balaban J connectivity index is 1.82. The van der Waals surface area contributed by atoms with E-state index in [-0.39, 0.29) is 37.8 Å². The lowest BCUT2D eigenvalue weighted by atomic mass is 9.77. The van der Waals surface area contributed by atoms with E-state index in [1.807, 2.05) is 6.92 Å². The lowest BCUT2D eigenvalue weighted by Crippen LogP contribution is -2.55. The Kier molecular flexibility index (Phi) is 9.29. The summed E-state index contributed by atoms with van der Waals surface area (Å²) < 4.78 is 11.7. The number of ether oxygens (including phenoxy) is 2. The largest absolute Gasteiger partial charge is 0.493 e. The Labute approximate surface area is 232 Å². The molecule has 4 atom stereocenters. The van der Waals surface area contributed by atoms with Gasteiger partial charge in [-0.05, 0) is 54.0 Å². The summed E-state index contributed by atoms with van der Waals surface area (Å²) in [5.41, 5.74) is 2.23. The molecule has 10 heteroatoms. The fraction of sp³-hybridized carbons (Fsp3) is 0.379. The van der Waals surface area contributed by atoms with Gasteiger partial charge in [-0.2, -0.15) is 0 Å². The summed E-state index contributed by atoms with van der Waals surface area (Å²) >= 11 is 6.05. The van der Waals surface area contributed by atoms with E-state index in [9.17, 15) is 24.9 Å². The van der Waals surface area contributed by atoms with E-state index in [1.54, 1.807) is 48.6 Å². The molecule has 0 aromatic heterocycles. The van der Waals surface area contributed by atoms with E-state index in [4.69, 9.17) is 21.1 Å². The van der Waals surface area contributed by atoms with Crippen LogP contribution in [0.3, 0.4) is 0 Å². The number of rotatable bonds is 10. The molecule has 0 bridgehead atoms. The van der Waals surface area contributed by atoms with Gasteiger partial charge in [0.25, 0.3) is 0 Å². The van der Waals surface area contributed by atoms with E-state index in [0.717, 1.165) is 5.56 Å². The summed E-state index contributed by atoms with van der Waals surface area (Å²) in [4.78, 5) is 28.3. The molecule has 0 unspecified atom stereocenters. The third-order valence-electron chi connectivity index (χ3n) is 6.90. The number of aliphatic hydroxyl groups is 3. The topological polar surface area (TPSA) is 129 Å².